The van der Waals surface area contributed by atoms with Crippen molar-refractivity contribution in [2.75, 3.05) is 5.73 Å². The Balaban J connectivity index is 1.68. The fourth-order valence-electron chi connectivity index (χ4n) is 4.40. The number of hydrogen-bond acceptors (Lipinski definition) is 6. The predicted octanol–water partition coefficient (Wildman–Crippen LogP) is 2.68. The van der Waals surface area contributed by atoms with E-state index in [-0.39, 0.29) is 17.2 Å². The molecule has 0 saturated carbocycles. The molecule has 0 aliphatic carbocycles. The number of nitrogens with two attached hydrogens (primary N) is 1. The van der Waals surface area contributed by atoms with Gasteiger partial charge in [0.05, 0.1) is 22.4 Å². The van der Waals surface area contributed by atoms with Crippen molar-refractivity contribution in [1.82, 2.24) is 19.5 Å². The van der Waals surface area contributed by atoms with Gasteiger partial charge in [0, 0.05) is 43.3 Å². The molecule has 3 heterocycles. The highest BCUT2D eigenvalue weighted by molar-refractivity contribution is 6.04. The number of nitrogens with zero attached hydrogens (tertiary/aromatic N) is 4. The second-order valence-electron chi connectivity index (χ2n) is 8.59. The third kappa shape index (κ3) is 3.89. The lowest BCUT2D eigenvalue weighted by Gasteiger charge is -2.24. The number of benzene rings is 2. The van der Waals surface area contributed by atoms with Crippen LogP contribution in [0.25, 0.3) is 22.4 Å². The van der Waals surface area contributed by atoms with Gasteiger partial charge in [-0.3, -0.25) is 10.2 Å². The number of nitrogen functional groups attached to an aromatic ring is 1. The van der Waals surface area contributed by atoms with Gasteiger partial charge < -0.3 is 20.0 Å². The SMILES string of the molecule is CC1CC(O)NN=C1c1ccc2c(c1)nc(-c1cc(N)c(=O)n(C)c1)n2Cc1ccccc1. The van der Waals surface area contributed by atoms with Crippen LogP contribution in [0.1, 0.15) is 24.5 Å². The van der Waals surface area contributed by atoms with Crippen LogP contribution in [-0.4, -0.2) is 31.2 Å². The number of aryl methyl sites for hydroxylation is 1. The van der Waals surface area contributed by atoms with Crippen LogP contribution in [0.2, 0.25) is 0 Å². The van der Waals surface area contributed by atoms with Crippen LogP contribution in [0, 0.1) is 5.92 Å². The first-order valence-corrected chi connectivity index (χ1v) is 10.9. The Morgan fingerprint density at radius 2 is 1.94 bits per heavy atom. The molecule has 2 aromatic heterocycles. The minimum absolute atomic E-state index is 0.119. The van der Waals surface area contributed by atoms with Gasteiger partial charge in [0.25, 0.3) is 5.56 Å². The van der Waals surface area contributed by atoms with Crippen molar-refractivity contribution in [3.63, 3.8) is 0 Å². The highest BCUT2D eigenvalue weighted by Gasteiger charge is 2.23. The number of hydrazone groups is 1. The Hall–Kier alpha value is -3.91. The molecule has 168 valence electrons. The van der Waals surface area contributed by atoms with Crippen molar-refractivity contribution in [2.24, 2.45) is 18.1 Å². The Bertz CT molecular complexity index is 1390. The van der Waals surface area contributed by atoms with Gasteiger partial charge in [0.2, 0.25) is 0 Å². The number of anilines is 1. The number of rotatable bonds is 4. The third-order valence-electron chi connectivity index (χ3n) is 6.07. The molecule has 0 radical (unpaired) electrons. The lowest BCUT2D eigenvalue weighted by molar-refractivity contribution is 0.114. The molecule has 0 bridgehead atoms. The molecule has 4 N–H and O–H groups in total. The molecule has 1 aliphatic rings. The summed E-state index contributed by atoms with van der Waals surface area (Å²) in [6.07, 6.45) is 1.74. The van der Waals surface area contributed by atoms with Crippen LogP contribution < -0.4 is 16.7 Å². The normalized spacial score (nSPS) is 18.2. The van der Waals surface area contributed by atoms with Crippen LogP contribution in [0.3, 0.4) is 0 Å². The number of aliphatic hydroxyl groups is 1. The monoisotopic (exact) mass is 442 g/mol. The average molecular weight is 443 g/mol. The summed E-state index contributed by atoms with van der Waals surface area (Å²) >= 11 is 0. The minimum Gasteiger partial charge on any atom is -0.394 e. The first-order valence-electron chi connectivity index (χ1n) is 10.9. The lowest BCUT2D eigenvalue weighted by Crippen LogP contribution is -2.35. The second-order valence-corrected chi connectivity index (χ2v) is 8.59. The zero-order valence-electron chi connectivity index (χ0n) is 18.6. The first kappa shape index (κ1) is 21.0. The van der Waals surface area contributed by atoms with E-state index in [1.165, 1.54) is 4.57 Å². The van der Waals surface area contributed by atoms with Crippen LogP contribution in [0.5, 0.6) is 0 Å². The van der Waals surface area contributed by atoms with Gasteiger partial charge in [-0.2, -0.15) is 5.10 Å². The molecule has 0 spiro atoms. The van der Waals surface area contributed by atoms with E-state index < -0.39 is 6.23 Å². The highest BCUT2D eigenvalue weighted by Crippen LogP contribution is 2.28. The van der Waals surface area contributed by atoms with E-state index in [9.17, 15) is 9.90 Å². The van der Waals surface area contributed by atoms with Crippen LogP contribution in [0.4, 0.5) is 5.69 Å². The smallest absolute Gasteiger partial charge is 0.273 e. The number of imidazole rings is 1. The maximum atomic E-state index is 12.1. The second kappa shape index (κ2) is 8.22. The van der Waals surface area contributed by atoms with Gasteiger partial charge in [-0.05, 0) is 23.8 Å². The lowest BCUT2D eigenvalue weighted by atomic mass is 9.93. The molecule has 2 aromatic carbocycles. The zero-order valence-corrected chi connectivity index (χ0v) is 18.6. The van der Waals surface area contributed by atoms with Gasteiger partial charge in [0.15, 0.2) is 0 Å². The Morgan fingerprint density at radius 3 is 2.67 bits per heavy atom. The summed E-state index contributed by atoms with van der Waals surface area (Å²) < 4.78 is 3.62. The molecule has 4 aromatic rings. The topological polar surface area (TPSA) is 110 Å². The van der Waals surface area contributed by atoms with Gasteiger partial charge in [-0.1, -0.05) is 43.3 Å². The number of hydrogen-bond donors (Lipinski definition) is 3. The predicted molar refractivity (Wildman–Crippen MR) is 130 cm³/mol. The molecule has 1 aliphatic heterocycles. The zero-order chi connectivity index (χ0) is 23.1. The summed E-state index contributed by atoms with van der Waals surface area (Å²) in [5.74, 6) is 0.855. The molecule has 2 unspecified atom stereocenters. The van der Waals surface area contributed by atoms with Crippen LogP contribution >= 0.6 is 0 Å². The summed E-state index contributed by atoms with van der Waals surface area (Å²) in [4.78, 5) is 17.1. The maximum absolute atomic E-state index is 12.1. The summed E-state index contributed by atoms with van der Waals surface area (Å²) in [6.45, 7) is 2.68. The van der Waals surface area contributed by atoms with E-state index in [0.717, 1.165) is 39.3 Å². The van der Waals surface area contributed by atoms with Gasteiger partial charge in [-0.25, -0.2) is 4.98 Å². The average Bonchev–Trinajstić information content (AvgIpc) is 3.15. The molecular weight excluding hydrogens is 416 g/mol. The van der Waals surface area contributed by atoms with Gasteiger partial charge >= 0.3 is 0 Å². The van der Waals surface area contributed by atoms with Crippen molar-refractivity contribution < 1.29 is 5.11 Å². The van der Waals surface area contributed by atoms with Crippen molar-refractivity contribution in [1.29, 1.82) is 0 Å². The van der Waals surface area contributed by atoms with E-state index in [4.69, 9.17) is 10.7 Å². The van der Waals surface area contributed by atoms with Crippen molar-refractivity contribution in [2.45, 2.75) is 26.1 Å². The molecule has 2 atom stereocenters. The molecule has 0 amide bonds. The Labute approximate surface area is 191 Å². The van der Waals surface area contributed by atoms with Crippen molar-refractivity contribution >= 4 is 22.4 Å². The van der Waals surface area contributed by atoms with E-state index in [1.54, 1.807) is 19.3 Å². The number of fused-ring (bicyclic) bond motifs is 1. The molecule has 33 heavy (non-hydrogen) atoms. The third-order valence-corrected chi connectivity index (χ3v) is 6.07. The van der Waals surface area contributed by atoms with E-state index >= 15 is 0 Å². The number of aromatic nitrogens is 3. The Kier molecular flexibility index (Phi) is 5.22. The fourth-order valence-corrected chi connectivity index (χ4v) is 4.40. The highest BCUT2D eigenvalue weighted by atomic mass is 16.3. The first-order chi connectivity index (χ1) is 15.9. The van der Waals surface area contributed by atoms with E-state index in [1.807, 2.05) is 30.3 Å². The van der Waals surface area contributed by atoms with Crippen LogP contribution in [-0.2, 0) is 13.6 Å². The molecule has 8 heteroatoms. The Morgan fingerprint density at radius 1 is 1.15 bits per heavy atom. The standard InChI is InChI=1S/C25H26N6O2/c1-15-10-22(32)28-29-23(15)17-8-9-21-20(12-17)27-24(18-11-19(26)25(33)30(2)14-18)31(21)13-16-6-4-3-5-7-16/h3-9,11-12,14-15,22,28,32H,10,13,26H2,1-2H3. The van der Waals surface area contributed by atoms with E-state index in [0.29, 0.717) is 13.0 Å². The number of aliphatic hydroxyl groups excluding tert-OH is 1. The van der Waals surface area contributed by atoms with Crippen molar-refractivity contribution in [3.8, 4) is 11.4 Å². The summed E-state index contributed by atoms with van der Waals surface area (Å²) in [5.41, 5.74) is 14.3. The summed E-state index contributed by atoms with van der Waals surface area (Å²) in [7, 11) is 1.69. The maximum Gasteiger partial charge on any atom is 0.273 e. The minimum atomic E-state index is -0.626. The summed E-state index contributed by atoms with van der Waals surface area (Å²) in [6, 6.07) is 18.0. The molecular formula is C25H26N6O2. The van der Waals surface area contributed by atoms with Gasteiger partial charge in [0.1, 0.15) is 12.1 Å². The molecule has 5 rings (SSSR count). The van der Waals surface area contributed by atoms with Gasteiger partial charge in [-0.15, -0.1) is 0 Å². The number of nitrogens with one attached hydrogen (secondary N) is 1. The summed E-state index contributed by atoms with van der Waals surface area (Å²) in [5, 5.41) is 14.2. The number of pyridine rings is 1. The van der Waals surface area contributed by atoms with Crippen molar-refractivity contribution in [3.05, 3.63) is 82.3 Å². The fraction of sp³-hybridized carbons (Fsp3) is 0.240. The quantitative estimate of drug-likeness (QED) is 0.450. The molecule has 8 nitrogen and oxygen atoms in total. The molecule has 0 fully saturated rings. The van der Waals surface area contributed by atoms with E-state index in [2.05, 4.69) is 40.2 Å². The van der Waals surface area contributed by atoms with Crippen LogP contribution in [0.15, 0.2) is 70.7 Å². The molecule has 0 saturated heterocycles. The largest absolute Gasteiger partial charge is 0.394 e.